The molecule has 3 heterocycles. The first-order valence-corrected chi connectivity index (χ1v) is 6.78. The molecule has 2 fully saturated rings. The van der Waals surface area contributed by atoms with Crippen molar-refractivity contribution in [1.82, 2.24) is 15.2 Å². The van der Waals surface area contributed by atoms with Crippen LogP contribution in [-0.2, 0) is 0 Å². The van der Waals surface area contributed by atoms with Gasteiger partial charge in [0.2, 0.25) is 0 Å². The molecule has 1 aromatic heterocycles. The Morgan fingerprint density at radius 3 is 2.74 bits per heavy atom. The molecule has 1 amide bonds. The van der Waals surface area contributed by atoms with Crippen molar-refractivity contribution in [2.75, 3.05) is 7.05 Å². The topological polar surface area (TPSA) is 45.2 Å². The van der Waals surface area contributed by atoms with Crippen molar-refractivity contribution in [3.05, 3.63) is 29.8 Å². The molecule has 2 unspecified atom stereocenters. The van der Waals surface area contributed by atoms with E-state index in [-0.39, 0.29) is 17.5 Å². The number of nitrogens with one attached hydrogen (secondary N) is 1. The van der Waals surface area contributed by atoms with Crippen LogP contribution in [0.2, 0.25) is 0 Å². The largest absolute Gasteiger partial charge is 0.339 e. The Morgan fingerprint density at radius 1 is 1.42 bits per heavy atom. The summed E-state index contributed by atoms with van der Waals surface area (Å²) in [5, 5.41) is 3.54. The van der Waals surface area contributed by atoms with Gasteiger partial charge in [-0.15, -0.1) is 0 Å². The summed E-state index contributed by atoms with van der Waals surface area (Å²) in [4.78, 5) is 17.7. The average Bonchev–Trinajstić information content (AvgIpc) is 2.76. The number of hydrogen-bond donors (Lipinski definition) is 1. The summed E-state index contributed by atoms with van der Waals surface area (Å²) in [5.41, 5.74) is 0.114. The van der Waals surface area contributed by atoms with E-state index in [4.69, 9.17) is 0 Å². The smallest absolute Gasteiger partial charge is 0.256 e. The van der Waals surface area contributed by atoms with Crippen molar-refractivity contribution in [2.24, 2.45) is 0 Å². The number of halogens is 1. The second-order valence-corrected chi connectivity index (χ2v) is 5.53. The van der Waals surface area contributed by atoms with Gasteiger partial charge in [0.05, 0.1) is 11.8 Å². The lowest BCUT2D eigenvalue weighted by molar-refractivity contribution is 0.0677. The number of amides is 1. The van der Waals surface area contributed by atoms with E-state index in [1.165, 1.54) is 25.1 Å². The summed E-state index contributed by atoms with van der Waals surface area (Å²) in [6.07, 6.45) is 6.85. The molecule has 2 aliphatic heterocycles. The minimum absolute atomic E-state index is 0.114. The highest BCUT2D eigenvalue weighted by molar-refractivity contribution is 5.94. The molecule has 0 radical (unpaired) electrons. The van der Waals surface area contributed by atoms with Crippen molar-refractivity contribution in [3.8, 4) is 0 Å². The van der Waals surface area contributed by atoms with E-state index in [1.54, 1.807) is 11.9 Å². The number of hydrogen-bond acceptors (Lipinski definition) is 3. The van der Waals surface area contributed by atoms with Crippen LogP contribution in [0, 0.1) is 5.82 Å². The van der Waals surface area contributed by atoms with Gasteiger partial charge in [0, 0.05) is 31.4 Å². The molecule has 4 nitrogen and oxygen atoms in total. The monoisotopic (exact) mass is 263 g/mol. The Morgan fingerprint density at radius 2 is 2.11 bits per heavy atom. The Balaban J connectivity index is 1.75. The van der Waals surface area contributed by atoms with Gasteiger partial charge < -0.3 is 10.2 Å². The zero-order chi connectivity index (χ0) is 13.4. The van der Waals surface area contributed by atoms with Crippen molar-refractivity contribution in [1.29, 1.82) is 0 Å². The van der Waals surface area contributed by atoms with Crippen LogP contribution < -0.4 is 5.32 Å². The average molecular weight is 263 g/mol. The molecular formula is C14H18FN3O. The number of piperidine rings is 1. The minimum atomic E-state index is -0.545. The quantitative estimate of drug-likeness (QED) is 0.881. The molecule has 1 aromatic rings. The molecule has 19 heavy (non-hydrogen) atoms. The fourth-order valence-corrected chi connectivity index (χ4v) is 3.25. The van der Waals surface area contributed by atoms with Crippen LogP contribution in [-0.4, -0.2) is 41.0 Å². The van der Waals surface area contributed by atoms with E-state index < -0.39 is 5.82 Å². The number of carbonyl (C=O) groups excluding carboxylic acids is 1. The summed E-state index contributed by atoms with van der Waals surface area (Å²) >= 11 is 0. The summed E-state index contributed by atoms with van der Waals surface area (Å²) < 4.78 is 13.6. The van der Waals surface area contributed by atoms with Gasteiger partial charge in [0.1, 0.15) is 0 Å². The number of aromatic nitrogens is 1. The van der Waals surface area contributed by atoms with E-state index in [0.29, 0.717) is 12.1 Å². The van der Waals surface area contributed by atoms with Crippen LogP contribution in [0.4, 0.5) is 4.39 Å². The lowest BCUT2D eigenvalue weighted by Gasteiger charge is -2.35. The van der Waals surface area contributed by atoms with Crippen LogP contribution in [0.25, 0.3) is 0 Å². The molecule has 3 rings (SSSR count). The van der Waals surface area contributed by atoms with E-state index >= 15 is 0 Å². The van der Waals surface area contributed by atoms with Crippen LogP contribution in [0.3, 0.4) is 0 Å². The Kier molecular flexibility index (Phi) is 3.22. The Hall–Kier alpha value is -1.49. The zero-order valence-electron chi connectivity index (χ0n) is 11.0. The van der Waals surface area contributed by atoms with E-state index in [0.717, 1.165) is 19.0 Å². The Bertz CT molecular complexity index is 481. The van der Waals surface area contributed by atoms with Gasteiger partial charge in [0.15, 0.2) is 5.82 Å². The lowest BCUT2D eigenvalue weighted by atomic mass is 9.98. The first-order valence-electron chi connectivity index (χ1n) is 6.78. The van der Waals surface area contributed by atoms with Crippen molar-refractivity contribution >= 4 is 5.91 Å². The number of carbonyl (C=O) groups is 1. The maximum absolute atomic E-state index is 13.6. The van der Waals surface area contributed by atoms with E-state index in [9.17, 15) is 9.18 Å². The molecule has 102 valence electrons. The highest BCUT2D eigenvalue weighted by Crippen LogP contribution is 2.29. The summed E-state index contributed by atoms with van der Waals surface area (Å²) in [6.45, 7) is 0. The predicted molar refractivity (Wildman–Crippen MR) is 69.3 cm³/mol. The zero-order valence-corrected chi connectivity index (χ0v) is 11.0. The van der Waals surface area contributed by atoms with Crippen molar-refractivity contribution in [2.45, 2.75) is 43.8 Å². The van der Waals surface area contributed by atoms with Gasteiger partial charge >= 0.3 is 0 Å². The minimum Gasteiger partial charge on any atom is -0.339 e. The third kappa shape index (κ3) is 2.34. The molecule has 2 bridgehead atoms. The van der Waals surface area contributed by atoms with E-state index in [1.807, 2.05) is 0 Å². The molecule has 0 aliphatic carbocycles. The summed E-state index contributed by atoms with van der Waals surface area (Å²) in [5.74, 6) is -0.789. The molecule has 5 heteroatoms. The highest BCUT2D eigenvalue weighted by atomic mass is 19.1. The van der Waals surface area contributed by atoms with Crippen LogP contribution >= 0.6 is 0 Å². The third-order valence-corrected chi connectivity index (χ3v) is 4.32. The van der Waals surface area contributed by atoms with Gasteiger partial charge in [-0.3, -0.25) is 9.78 Å². The van der Waals surface area contributed by atoms with Gasteiger partial charge in [-0.2, -0.15) is 0 Å². The van der Waals surface area contributed by atoms with Gasteiger partial charge in [0.25, 0.3) is 5.91 Å². The first-order chi connectivity index (χ1) is 9.15. The van der Waals surface area contributed by atoms with Gasteiger partial charge in [-0.05, 0) is 31.7 Å². The third-order valence-electron chi connectivity index (χ3n) is 4.32. The standard InChI is InChI=1S/C14H18FN3O/c1-18(11-6-9-2-3-10(7-11)17-9)14(19)12-4-5-16-8-13(12)15/h4-5,8-11,17H,2-3,6-7H2,1H3. The summed E-state index contributed by atoms with van der Waals surface area (Å²) in [7, 11) is 1.78. The second kappa shape index (κ2) is 4.89. The number of fused-ring (bicyclic) bond motifs is 2. The maximum Gasteiger partial charge on any atom is 0.256 e. The molecule has 2 atom stereocenters. The molecule has 1 N–H and O–H groups in total. The molecule has 2 saturated heterocycles. The van der Waals surface area contributed by atoms with Gasteiger partial charge in [-0.1, -0.05) is 0 Å². The molecule has 0 saturated carbocycles. The number of rotatable bonds is 2. The second-order valence-electron chi connectivity index (χ2n) is 5.53. The SMILES string of the molecule is CN(C(=O)c1ccncc1F)C1CC2CCC(C1)N2. The molecular weight excluding hydrogens is 245 g/mol. The lowest BCUT2D eigenvalue weighted by Crippen LogP contribution is -2.48. The molecule has 2 aliphatic rings. The Labute approximate surface area is 112 Å². The van der Waals surface area contributed by atoms with Crippen LogP contribution in [0.1, 0.15) is 36.0 Å². The fourth-order valence-electron chi connectivity index (χ4n) is 3.25. The predicted octanol–water partition coefficient (Wildman–Crippen LogP) is 1.58. The van der Waals surface area contributed by atoms with Crippen molar-refractivity contribution in [3.63, 3.8) is 0 Å². The first kappa shape index (κ1) is 12.5. The van der Waals surface area contributed by atoms with Gasteiger partial charge in [-0.25, -0.2) is 4.39 Å². The normalized spacial score (nSPS) is 29.3. The van der Waals surface area contributed by atoms with Crippen LogP contribution in [0.15, 0.2) is 18.5 Å². The van der Waals surface area contributed by atoms with Crippen LogP contribution in [0.5, 0.6) is 0 Å². The summed E-state index contributed by atoms with van der Waals surface area (Å²) in [6, 6.07) is 2.69. The van der Waals surface area contributed by atoms with E-state index in [2.05, 4.69) is 10.3 Å². The number of nitrogens with zero attached hydrogens (tertiary/aromatic N) is 2. The number of pyridine rings is 1. The fraction of sp³-hybridized carbons (Fsp3) is 0.571. The van der Waals surface area contributed by atoms with Crippen molar-refractivity contribution < 1.29 is 9.18 Å². The molecule has 0 aromatic carbocycles. The maximum atomic E-state index is 13.6. The molecule has 0 spiro atoms. The highest BCUT2D eigenvalue weighted by Gasteiger charge is 2.36.